The highest BCUT2D eigenvalue weighted by atomic mass is 16.9. The number of nitrogens with one attached hydrogen (secondary N) is 1. The summed E-state index contributed by atoms with van der Waals surface area (Å²) in [4.78, 5) is 41.1. The number of rotatable bonds is 9. The minimum Gasteiger partial charge on any atom is -0.423 e. The third-order valence-electron chi connectivity index (χ3n) is 4.66. The predicted octanol–water partition coefficient (Wildman–Crippen LogP) is 4.52. The summed E-state index contributed by atoms with van der Waals surface area (Å²) in [6.45, 7) is 3.31. The van der Waals surface area contributed by atoms with Gasteiger partial charge in [0.2, 0.25) is 5.91 Å². The third kappa shape index (κ3) is 6.54. The van der Waals surface area contributed by atoms with Crippen LogP contribution in [0.25, 0.3) is 0 Å². The fraction of sp³-hybridized carbons (Fsp3) is 0.167. The van der Waals surface area contributed by atoms with Crippen molar-refractivity contribution in [1.29, 1.82) is 0 Å². The topological polar surface area (TPSA) is 111 Å². The lowest BCUT2D eigenvalue weighted by Gasteiger charge is -2.26. The molecule has 0 saturated heterocycles. The second kappa shape index (κ2) is 10.8. The number of carbonyl (C=O) groups is 2. The number of ether oxygens (including phenoxy) is 1. The summed E-state index contributed by atoms with van der Waals surface area (Å²) in [5.41, 5.74) is 3.18. The minimum atomic E-state index is -0.849. The molecule has 0 aliphatic heterocycles. The van der Waals surface area contributed by atoms with E-state index >= 15 is 0 Å². The number of anilines is 3. The van der Waals surface area contributed by atoms with Crippen molar-refractivity contribution < 1.29 is 24.3 Å². The van der Waals surface area contributed by atoms with Crippen molar-refractivity contribution in [2.24, 2.45) is 0 Å². The van der Waals surface area contributed by atoms with Crippen LogP contribution in [-0.4, -0.2) is 30.1 Å². The Morgan fingerprint density at radius 3 is 2.30 bits per heavy atom. The zero-order valence-corrected chi connectivity index (χ0v) is 18.2. The van der Waals surface area contributed by atoms with Gasteiger partial charge in [-0.15, -0.1) is 10.1 Å². The number of carbonyl (C=O) groups excluding carboxylic acids is 2. The first-order valence-corrected chi connectivity index (χ1v) is 10.1. The maximum Gasteiger partial charge on any atom is 0.345 e. The molecule has 33 heavy (non-hydrogen) atoms. The van der Waals surface area contributed by atoms with Crippen LogP contribution < -0.4 is 15.0 Å². The molecule has 9 heteroatoms. The maximum absolute atomic E-state index is 13.0. The summed E-state index contributed by atoms with van der Waals surface area (Å²) in [7, 11) is 0. The molecule has 0 radical (unpaired) electrons. The summed E-state index contributed by atoms with van der Waals surface area (Å²) in [6.07, 6.45) is 0. The molecule has 3 aromatic rings. The SMILES string of the molecule is CC(=O)Nc1ccc(OC(=O)c2ccccc2N(CCO[N+](=O)[O-])c2ccc(C)cc2)cc1. The van der Waals surface area contributed by atoms with Crippen LogP contribution in [0.1, 0.15) is 22.8 Å². The smallest absolute Gasteiger partial charge is 0.345 e. The molecule has 0 bridgehead atoms. The van der Waals surface area contributed by atoms with E-state index in [1.807, 2.05) is 31.2 Å². The Hall–Kier alpha value is -4.40. The highest BCUT2D eigenvalue weighted by Gasteiger charge is 2.20. The maximum atomic E-state index is 13.0. The first-order valence-electron chi connectivity index (χ1n) is 10.1. The number of esters is 1. The Morgan fingerprint density at radius 1 is 1.00 bits per heavy atom. The van der Waals surface area contributed by atoms with Crippen LogP contribution in [0.2, 0.25) is 0 Å². The summed E-state index contributed by atoms with van der Waals surface area (Å²) in [5, 5.41) is 12.4. The summed E-state index contributed by atoms with van der Waals surface area (Å²) in [6, 6.07) is 20.8. The zero-order chi connectivity index (χ0) is 23.8. The van der Waals surface area contributed by atoms with Crippen LogP contribution in [0, 0.1) is 17.0 Å². The second-order valence-electron chi connectivity index (χ2n) is 7.16. The van der Waals surface area contributed by atoms with Crippen molar-refractivity contribution in [2.45, 2.75) is 13.8 Å². The molecule has 1 amide bonds. The van der Waals surface area contributed by atoms with Crippen molar-refractivity contribution in [3.63, 3.8) is 0 Å². The number of amides is 1. The fourth-order valence-electron chi connectivity index (χ4n) is 3.17. The Labute approximate surface area is 190 Å². The van der Waals surface area contributed by atoms with Crippen molar-refractivity contribution in [1.82, 2.24) is 0 Å². The number of nitrogens with zero attached hydrogens (tertiary/aromatic N) is 2. The molecule has 3 rings (SSSR count). The normalized spacial score (nSPS) is 10.2. The van der Waals surface area contributed by atoms with E-state index in [0.29, 0.717) is 17.1 Å². The van der Waals surface area contributed by atoms with Gasteiger partial charge in [-0.3, -0.25) is 4.79 Å². The summed E-state index contributed by atoms with van der Waals surface area (Å²) < 4.78 is 5.53. The Bertz CT molecular complexity index is 1130. The fourth-order valence-corrected chi connectivity index (χ4v) is 3.17. The number of hydrogen-bond donors (Lipinski definition) is 1. The van der Waals surface area contributed by atoms with Crippen LogP contribution >= 0.6 is 0 Å². The van der Waals surface area contributed by atoms with E-state index in [-0.39, 0.29) is 24.6 Å². The molecule has 0 atom stereocenters. The number of para-hydroxylation sites is 1. The van der Waals surface area contributed by atoms with Gasteiger partial charge < -0.3 is 19.8 Å². The lowest BCUT2D eigenvalue weighted by molar-refractivity contribution is -0.757. The van der Waals surface area contributed by atoms with Gasteiger partial charge >= 0.3 is 5.97 Å². The Morgan fingerprint density at radius 2 is 1.67 bits per heavy atom. The average Bonchev–Trinajstić information content (AvgIpc) is 2.78. The van der Waals surface area contributed by atoms with Crippen molar-refractivity contribution >= 4 is 28.9 Å². The molecule has 0 aliphatic carbocycles. The molecule has 1 N–H and O–H groups in total. The average molecular weight is 449 g/mol. The quantitative estimate of drug-likeness (QED) is 0.221. The second-order valence-corrected chi connectivity index (χ2v) is 7.16. The van der Waals surface area contributed by atoms with Crippen LogP contribution in [0.15, 0.2) is 72.8 Å². The van der Waals surface area contributed by atoms with Gasteiger partial charge in [0, 0.05) is 24.8 Å². The molecule has 0 saturated carbocycles. The lowest BCUT2D eigenvalue weighted by atomic mass is 10.1. The molecule has 9 nitrogen and oxygen atoms in total. The molecule has 0 aromatic heterocycles. The molecule has 0 unspecified atom stereocenters. The van der Waals surface area contributed by atoms with Crippen LogP contribution in [0.3, 0.4) is 0 Å². The van der Waals surface area contributed by atoms with Gasteiger partial charge in [0.25, 0.3) is 5.09 Å². The summed E-state index contributed by atoms with van der Waals surface area (Å²) in [5.74, 6) is -0.487. The molecule has 0 heterocycles. The van der Waals surface area contributed by atoms with E-state index in [0.717, 1.165) is 11.3 Å². The minimum absolute atomic E-state index is 0.139. The third-order valence-corrected chi connectivity index (χ3v) is 4.66. The Kier molecular flexibility index (Phi) is 7.59. The molecule has 0 fully saturated rings. The highest BCUT2D eigenvalue weighted by molar-refractivity contribution is 5.98. The van der Waals surface area contributed by atoms with Crippen molar-refractivity contribution in [2.75, 3.05) is 23.4 Å². The predicted molar refractivity (Wildman–Crippen MR) is 123 cm³/mol. The van der Waals surface area contributed by atoms with Crippen molar-refractivity contribution in [3.8, 4) is 5.75 Å². The van der Waals surface area contributed by atoms with Crippen molar-refractivity contribution in [3.05, 3.63) is 94.0 Å². The first kappa shape index (κ1) is 23.3. The standard InChI is InChI=1S/C24H23N3O6/c1-17-7-11-20(12-8-17)26(15-16-32-27(30)31)23-6-4-3-5-22(23)24(29)33-21-13-9-19(10-14-21)25-18(2)28/h3-14H,15-16H2,1-2H3,(H,25,28). The van der Waals surface area contributed by atoms with E-state index in [1.54, 1.807) is 53.4 Å². The van der Waals surface area contributed by atoms with Gasteiger partial charge in [-0.1, -0.05) is 29.8 Å². The number of hydrogen-bond acceptors (Lipinski definition) is 7. The zero-order valence-electron chi connectivity index (χ0n) is 18.2. The van der Waals surface area contributed by atoms with E-state index in [9.17, 15) is 19.7 Å². The molecule has 0 spiro atoms. The monoisotopic (exact) mass is 449 g/mol. The van der Waals surface area contributed by atoms with E-state index < -0.39 is 11.1 Å². The van der Waals surface area contributed by atoms with E-state index in [1.165, 1.54) is 6.92 Å². The van der Waals surface area contributed by atoms with E-state index in [4.69, 9.17) is 4.74 Å². The lowest BCUT2D eigenvalue weighted by Crippen LogP contribution is -2.26. The van der Waals surface area contributed by atoms with Gasteiger partial charge in [0.15, 0.2) is 0 Å². The molecule has 0 aliphatic rings. The van der Waals surface area contributed by atoms with Gasteiger partial charge in [-0.25, -0.2) is 4.79 Å². The number of aryl methyl sites for hydroxylation is 1. The Balaban J connectivity index is 1.87. The summed E-state index contributed by atoms with van der Waals surface area (Å²) >= 11 is 0. The number of benzene rings is 3. The van der Waals surface area contributed by atoms with Gasteiger partial charge in [-0.05, 0) is 55.5 Å². The largest absolute Gasteiger partial charge is 0.423 e. The van der Waals surface area contributed by atoms with Crippen LogP contribution in [-0.2, 0) is 9.63 Å². The van der Waals surface area contributed by atoms with Gasteiger partial charge in [-0.2, -0.15) is 0 Å². The molecular weight excluding hydrogens is 426 g/mol. The van der Waals surface area contributed by atoms with Crippen LogP contribution in [0.4, 0.5) is 17.1 Å². The highest BCUT2D eigenvalue weighted by Crippen LogP contribution is 2.30. The van der Waals surface area contributed by atoms with Gasteiger partial charge in [0.1, 0.15) is 12.4 Å². The molecule has 3 aromatic carbocycles. The van der Waals surface area contributed by atoms with Crippen LogP contribution in [0.5, 0.6) is 5.75 Å². The molecule has 170 valence electrons. The first-order chi connectivity index (χ1) is 15.8. The van der Waals surface area contributed by atoms with E-state index in [2.05, 4.69) is 10.2 Å². The molecular formula is C24H23N3O6. The van der Waals surface area contributed by atoms with Gasteiger partial charge in [0.05, 0.1) is 11.3 Å².